The number of amides is 2. The summed E-state index contributed by atoms with van der Waals surface area (Å²) in [5.74, 6) is 1.43. The maximum atomic E-state index is 12.7. The van der Waals surface area contributed by atoms with E-state index in [-0.39, 0.29) is 12.1 Å². The Morgan fingerprint density at radius 2 is 1.70 bits per heavy atom. The molecule has 2 aromatic rings. The van der Waals surface area contributed by atoms with Crippen LogP contribution in [-0.2, 0) is 0 Å². The van der Waals surface area contributed by atoms with Gasteiger partial charge in [-0.05, 0) is 31.2 Å². The number of anilines is 1. The summed E-state index contributed by atoms with van der Waals surface area (Å²) in [6.45, 7) is 5.03. The van der Waals surface area contributed by atoms with E-state index < -0.39 is 0 Å². The van der Waals surface area contributed by atoms with Crippen LogP contribution in [0.1, 0.15) is 18.5 Å². The van der Waals surface area contributed by atoms with E-state index >= 15 is 0 Å². The molecule has 1 N–H and O–H groups in total. The van der Waals surface area contributed by atoms with Crippen molar-refractivity contribution in [3.05, 3.63) is 54.1 Å². The Hall–Kier alpha value is -2.89. The van der Waals surface area contributed by atoms with Crippen LogP contribution in [0.2, 0.25) is 0 Å². The molecule has 0 aliphatic carbocycles. The number of carbonyl (C=O) groups excluding carboxylic acids is 1. The van der Waals surface area contributed by atoms with Crippen molar-refractivity contribution in [2.75, 3.05) is 45.3 Å². The fourth-order valence-electron chi connectivity index (χ4n) is 3.34. The van der Waals surface area contributed by atoms with E-state index in [0.29, 0.717) is 18.8 Å². The van der Waals surface area contributed by atoms with Gasteiger partial charge in [-0.1, -0.05) is 18.2 Å². The second-order valence-electron chi connectivity index (χ2n) is 6.59. The number of hydrogen-bond acceptors (Lipinski definition) is 4. The number of nitrogens with one attached hydrogen (secondary N) is 1. The minimum absolute atomic E-state index is 0.0481. The largest absolute Gasteiger partial charge is 0.497 e. The van der Waals surface area contributed by atoms with Crippen LogP contribution in [0.25, 0.3) is 0 Å². The molecule has 1 aliphatic rings. The van der Waals surface area contributed by atoms with Gasteiger partial charge in [-0.15, -0.1) is 0 Å². The number of para-hydroxylation sites is 1. The monoisotopic (exact) mass is 369 g/mol. The standard InChI is InChI=1S/C21H27N3O3/c1-16(19-10-9-18(26-2)15-20(19)27-3)22-21(25)24-13-11-23(12-14-24)17-7-5-4-6-8-17/h4-10,15-16H,11-14H2,1-3H3,(H,22,25)/t16-/m1/s1. The molecule has 0 unspecified atom stereocenters. The average Bonchev–Trinajstić information content (AvgIpc) is 2.73. The summed E-state index contributed by atoms with van der Waals surface area (Å²) in [4.78, 5) is 16.9. The molecule has 0 radical (unpaired) electrons. The fraction of sp³-hybridized carbons (Fsp3) is 0.381. The molecule has 1 aliphatic heterocycles. The minimum atomic E-state index is -0.162. The van der Waals surface area contributed by atoms with Gasteiger partial charge in [-0.25, -0.2) is 4.79 Å². The molecule has 3 rings (SSSR count). The molecule has 1 heterocycles. The highest BCUT2D eigenvalue weighted by atomic mass is 16.5. The van der Waals surface area contributed by atoms with Crippen LogP contribution in [0.3, 0.4) is 0 Å². The highest BCUT2D eigenvalue weighted by molar-refractivity contribution is 5.75. The summed E-state index contributed by atoms with van der Waals surface area (Å²) < 4.78 is 10.7. The summed E-state index contributed by atoms with van der Waals surface area (Å²) in [7, 11) is 3.24. The second kappa shape index (κ2) is 8.66. The quantitative estimate of drug-likeness (QED) is 0.879. The SMILES string of the molecule is COc1ccc([C@@H](C)NC(=O)N2CCN(c3ccccc3)CC2)c(OC)c1. The first-order valence-electron chi connectivity index (χ1n) is 9.19. The molecule has 0 saturated carbocycles. The molecular weight excluding hydrogens is 342 g/mol. The summed E-state index contributed by atoms with van der Waals surface area (Å²) >= 11 is 0. The van der Waals surface area contributed by atoms with Gasteiger partial charge in [0.05, 0.1) is 20.3 Å². The van der Waals surface area contributed by atoms with Crippen molar-refractivity contribution in [2.45, 2.75) is 13.0 Å². The third kappa shape index (κ3) is 4.45. The number of urea groups is 1. The predicted octanol–water partition coefficient (Wildman–Crippen LogP) is 3.30. The summed E-state index contributed by atoms with van der Waals surface area (Å²) in [6.07, 6.45) is 0. The van der Waals surface area contributed by atoms with Gasteiger partial charge >= 0.3 is 6.03 Å². The van der Waals surface area contributed by atoms with Gasteiger partial charge in [0.2, 0.25) is 0 Å². The zero-order chi connectivity index (χ0) is 19.2. The Balaban J connectivity index is 1.58. The normalized spacial score (nSPS) is 15.2. The van der Waals surface area contributed by atoms with Crippen molar-refractivity contribution in [3.63, 3.8) is 0 Å². The number of rotatable bonds is 5. The predicted molar refractivity (Wildman–Crippen MR) is 107 cm³/mol. The maximum Gasteiger partial charge on any atom is 0.317 e. The molecule has 0 bridgehead atoms. The summed E-state index contributed by atoms with van der Waals surface area (Å²) in [6, 6.07) is 15.7. The van der Waals surface area contributed by atoms with Crippen LogP contribution >= 0.6 is 0 Å². The van der Waals surface area contributed by atoms with Gasteiger partial charge < -0.3 is 24.6 Å². The molecule has 144 valence electrons. The summed E-state index contributed by atoms with van der Waals surface area (Å²) in [5.41, 5.74) is 2.13. The van der Waals surface area contributed by atoms with E-state index in [4.69, 9.17) is 9.47 Å². The van der Waals surface area contributed by atoms with Crippen LogP contribution in [0.15, 0.2) is 48.5 Å². The highest BCUT2D eigenvalue weighted by Gasteiger charge is 2.23. The molecular formula is C21H27N3O3. The van der Waals surface area contributed by atoms with Crippen LogP contribution in [-0.4, -0.2) is 51.3 Å². The van der Waals surface area contributed by atoms with Crippen molar-refractivity contribution in [1.29, 1.82) is 0 Å². The second-order valence-corrected chi connectivity index (χ2v) is 6.59. The fourth-order valence-corrected chi connectivity index (χ4v) is 3.34. The number of carbonyl (C=O) groups is 1. The minimum Gasteiger partial charge on any atom is -0.497 e. The molecule has 0 spiro atoms. The van der Waals surface area contributed by atoms with E-state index in [0.717, 1.165) is 24.4 Å². The number of benzene rings is 2. The number of piperazine rings is 1. The van der Waals surface area contributed by atoms with Crippen LogP contribution in [0.4, 0.5) is 10.5 Å². The first-order chi connectivity index (χ1) is 13.1. The van der Waals surface area contributed by atoms with Crippen molar-refractivity contribution < 1.29 is 14.3 Å². The number of hydrogen-bond donors (Lipinski definition) is 1. The third-order valence-corrected chi connectivity index (χ3v) is 4.94. The third-order valence-electron chi connectivity index (χ3n) is 4.94. The molecule has 1 fully saturated rings. The lowest BCUT2D eigenvalue weighted by Gasteiger charge is -2.36. The highest BCUT2D eigenvalue weighted by Crippen LogP contribution is 2.29. The Morgan fingerprint density at radius 3 is 2.33 bits per heavy atom. The van der Waals surface area contributed by atoms with Gasteiger partial charge in [0.15, 0.2) is 0 Å². The average molecular weight is 369 g/mol. The molecule has 0 aromatic heterocycles. The van der Waals surface area contributed by atoms with E-state index in [9.17, 15) is 4.79 Å². The zero-order valence-corrected chi connectivity index (χ0v) is 16.1. The Morgan fingerprint density at radius 1 is 1.00 bits per heavy atom. The topological polar surface area (TPSA) is 54.0 Å². The molecule has 2 amide bonds. The van der Waals surface area contributed by atoms with Gasteiger partial charge in [0.25, 0.3) is 0 Å². The Labute approximate surface area is 160 Å². The molecule has 6 heteroatoms. The lowest BCUT2D eigenvalue weighted by atomic mass is 10.1. The van der Waals surface area contributed by atoms with Crippen LogP contribution in [0.5, 0.6) is 11.5 Å². The van der Waals surface area contributed by atoms with Crippen LogP contribution in [0, 0.1) is 0 Å². The first kappa shape index (κ1) is 18.9. The van der Waals surface area contributed by atoms with Gasteiger partial charge in [-0.3, -0.25) is 0 Å². The van der Waals surface area contributed by atoms with Crippen molar-refractivity contribution in [3.8, 4) is 11.5 Å². The first-order valence-corrected chi connectivity index (χ1v) is 9.19. The molecule has 1 atom stereocenters. The van der Waals surface area contributed by atoms with Gasteiger partial charge in [-0.2, -0.15) is 0 Å². The zero-order valence-electron chi connectivity index (χ0n) is 16.1. The van der Waals surface area contributed by atoms with Crippen molar-refractivity contribution in [1.82, 2.24) is 10.2 Å². The lowest BCUT2D eigenvalue weighted by molar-refractivity contribution is 0.191. The van der Waals surface area contributed by atoms with E-state index in [2.05, 4.69) is 22.3 Å². The molecule has 2 aromatic carbocycles. The van der Waals surface area contributed by atoms with E-state index in [1.54, 1.807) is 14.2 Å². The molecule has 1 saturated heterocycles. The smallest absolute Gasteiger partial charge is 0.317 e. The molecule has 27 heavy (non-hydrogen) atoms. The van der Waals surface area contributed by atoms with E-state index in [1.165, 1.54) is 5.69 Å². The summed E-state index contributed by atoms with van der Waals surface area (Å²) in [5, 5.41) is 3.08. The number of ether oxygens (including phenoxy) is 2. The van der Waals surface area contributed by atoms with E-state index in [1.807, 2.05) is 48.2 Å². The number of methoxy groups -OCH3 is 2. The molecule has 6 nitrogen and oxygen atoms in total. The Bertz CT molecular complexity index is 759. The van der Waals surface area contributed by atoms with Gasteiger partial charge in [0, 0.05) is 43.5 Å². The van der Waals surface area contributed by atoms with Gasteiger partial charge in [0.1, 0.15) is 11.5 Å². The van der Waals surface area contributed by atoms with Crippen molar-refractivity contribution >= 4 is 11.7 Å². The van der Waals surface area contributed by atoms with Crippen molar-refractivity contribution in [2.24, 2.45) is 0 Å². The maximum absolute atomic E-state index is 12.7. The lowest BCUT2D eigenvalue weighted by Crippen LogP contribution is -2.52. The number of nitrogens with zero attached hydrogens (tertiary/aromatic N) is 2. The van der Waals surface area contributed by atoms with Crippen LogP contribution < -0.4 is 19.7 Å². The Kier molecular flexibility index (Phi) is 6.06.